The molecule has 2 aliphatic rings. The van der Waals surface area contributed by atoms with Crippen molar-refractivity contribution in [2.24, 2.45) is 17.8 Å². The van der Waals surface area contributed by atoms with E-state index in [4.69, 9.17) is 33.0 Å². The fourth-order valence-corrected chi connectivity index (χ4v) is 3.56. The SMILES string of the molecule is C=CCOc1cc(Cl)c(Cl)cc1C(=O)[C@@H]1[C@@H]2CN(C(=O)O)C[C@@H]21. The van der Waals surface area contributed by atoms with Gasteiger partial charge < -0.3 is 14.7 Å². The molecular weight excluding hydrogens is 341 g/mol. The summed E-state index contributed by atoms with van der Waals surface area (Å²) in [5.41, 5.74) is 0.391. The van der Waals surface area contributed by atoms with Crippen LogP contribution in [0.5, 0.6) is 5.75 Å². The van der Waals surface area contributed by atoms with Gasteiger partial charge in [0.05, 0.1) is 15.6 Å². The van der Waals surface area contributed by atoms with E-state index < -0.39 is 6.09 Å². The largest absolute Gasteiger partial charge is 0.489 e. The van der Waals surface area contributed by atoms with Crippen molar-refractivity contribution in [3.8, 4) is 5.75 Å². The van der Waals surface area contributed by atoms with Gasteiger partial charge in [0.1, 0.15) is 12.4 Å². The lowest BCUT2D eigenvalue weighted by molar-refractivity contribution is 0.0931. The number of carboxylic acid groups (broad SMARTS) is 1. The monoisotopic (exact) mass is 355 g/mol. The van der Waals surface area contributed by atoms with Gasteiger partial charge in [-0.15, -0.1) is 0 Å². The van der Waals surface area contributed by atoms with Gasteiger partial charge >= 0.3 is 6.09 Å². The first-order valence-corrected chi connectivity index (χ1v) is 7.94. The van der Waals surface area contributed by atoms with E-state index in [-0.39, 0.29) is 30.1 Å². The summed E-state index contributed by atoms with van der Waals surface area (Å²) in [6.45, 7) is 4.64. The molecule has 3 rings (SSSR count). The van der Waals surface area contributed by atoms with E-state index in [1.54, 1.807) is 6.08 Å². The van der Waals surface area contributed by atoms with E-state index in [1.165, 1.54) is 17.0 Å². The Balaban J connectivity index is 1.80. The molecule has 1 heterocycles. The number of hydrogen-bond donors (Lipinski definition) is 1. The summed E-state index contributed by atoms with van der Waals surface area (Å²) in [6.07, 6.45) is 0.640. The van der Waals surface area contributed by atoms with Crippen molar-refractivity contribution in [2.75, 3.05) is 19.7 Å². The number of fused-ring (bicyclic) bond motifs is 1. The topological polar surface area (TPSA) is 66.8 Å². The number of likely N-dealkylation sites (tertiary alicyclic amines) is 1. The predicted molar refractivity (Wildman–Crippen MR) is 86.6 cm³/mol. The molecule has 1 aliphatic carbocycles. The van der Waals surface area contributed by atoms with Crippen LogP contribution in [0.25, 0.3) is 0 Å². The fourth-order valence-electron chi connectivity index (χ4n) is 3.24. The molecule has 1 N–H and O–H groups in total. The first-order chi connectivity index (χ1) is 10.9. The van der Waals surface area contributed by atoms with E-state index in [1.807, 2.05) is 0 Å². The number of nitrogens with zero attached hydrogens (tertiary/aromatic N) is 1. The van der Waals surface area contributed by atoms with Crippen molar-refractivity contribution in [1.29, 1.82) is 0 Å². The first-order valence-electron chi connectivity index (χ1n) is 7.19. The highest BCUT2D eigenvalue weighted by molar-refractivity contribution is 6.42. The van der Waals surface area contributed by atoms with E-state index in [0.29, 0.717) is 34.4 Å². The van der Waals surface area contributed by atoms with Gasteiger partial charge in [-0.05, 0) is 17.9 Å². The molecule has 1 aliphatic heterocycles. The Labute approximate surface area is 143 Å². The van der Waals surface area contributed by atoms with Gasteiger partial charge in [-0.25, -0.2) is 4.79 Å². The first kappa shape index (κ1) is 16.1. The Hall–Kier alpha value is -1.72. The smallest absolute Gasteiger partial charge is 0.407 e. The Morgan fingerprint density at radius 1 is 1.30 bits per heavy atom. The third-order valence-electron chi connectivity index (χ3n) is 4.41. The number of halogens is 2. The van der Waals surface area contributed by atoms with Crippen LogP contribution in [-0.2, 0) is 0 Å². The Morgan fingerprint density at radius 2 is 1.91 bits per heavy atom. The number of ketones is 1. The highest BCUT2D eigenvalue weighted by Crippen LogP contribution is 2.54. The maximum Gasteiger partial charge on any atom is 0.407 e. The summed E-state index contributed by atoms with van der Waals surface area (Å²) in [5, 5.41) is 9.59. The maximum atomic E-state index is 12.8. The average molecular weight is 356 g/mol. The number of amides is 1. The normalized spacial score (nSPS) is 25.0. The predicted octanol–water partition coefficient (Wildman–Crippen LogP) is 3.60. The van der Waals surface area contributed by atoms with Gasteiger partial charge in [0.2, 0.25) is 0 Å². The minimum atomic E-state index is -0.937. The minimum absolute atomic E-state index is 0.0670. The van der Waals surface area contributed by atoms with Gasteiger partial charge in [0, 0.05) is 25.1 Å². The molecule has 1 aromatic rings. The lowest BCUT2D eigenvalue weighted by atomic mass is 10.0. The molecular formula is C16H15Cl2NO4. The highest BCUT2D eigenvalue weighted by Gasteiger charge is 2.60. The quantitative estimate of drug-likeness (QED) is 0.647. The van der Waals surface area contributed by atoms with Gasteiger partial charge in [-0.2, -0.15) is 0 Å². The van der Waals surface area contributed by atoms with Crippen LogP contribution in [-0.4, -0.2) is 41.6 Å². The van der Waals surface area contributed by atoms with Crippen LogP contribution < -0.4 is 4.74 Å². The number of Topliss-reactive ketones (excluding diaryl/α,β-unsaturated/α-hetero) is 1. The number of carbonyl (C=O) groups excluding carboxylic acids is 1. The molecule has 1 saturated heterocycles. The Morgan fingerprint density at radius 3 is 2.48 bits per heavy atom. The van der Waals surface area contributed by atoms with Gasteiger partial charge in [0.15, 0.2) is 5.78 Å². The zero-order chi connectivity index (χ0) is 16.7. The Bertz CT molecular complexity index is 679. The second-order valence-electron chi connectivity index (χ2n) is 5.77. The molecule has 7 heteroatoms. The van der Waals surface area contributed by atoms with Crippen LogP contribution in [0.2, 0.25) is 10.0 Å². The molecule has 0 aromatic heterocycles. The second-order valence-corrected chi connectivity index (χ2v) is 6.58. The summed E-state index contributed by atoms with van der Waals surface area (Å²) < 4.78 is 5.52. The number of piperidine rings is 1. The molecule has 3 atom stereocenters. The molecule has 1 saturated carbocycles. The molecule has 0 unspecified atom stereocenters. The molecule has 1 amide bonds. The van der Waals surface area contributed by atoms with Crippen molar-refractivity contribution in [3.05, 3.63) is 40.4 Å². The van der Waals surface area contributed by atoms with Crippen LogP contribution >= 0.6 is 23.2 Å². The lowest BCUT2D eigenvalue weighted by Gasteiger charge is -2.16. The van der Waals surface area contributed by atoms with E-state index in [2.05, 4.69) is 6.58 Å². The number of rotatable bonds is 5. The van der Waals surface area contributed by atoms with Crippen molar-refractivity contribution >= 4 is 35.1 Å². The maximum absolute atomic E-state index is 12.8. The lowest BCUT2D eigenvalue weighted by Crippen LogP contribution is -2.31. The molecule has 2 fully saturated rings. The van der Waals surface area contributed by atoms with Gasteiger partial charge in [-0.3, -0.25) is 4.79 Å². The van der Waals surface area contributed by atoms with E-state index in [0.717, 1.165) is 0 Å². The number of benzene rings is 1. The molecule has 122 valence electrons. The van der Waals surface area contributed by atoms with Crippen molar-refractivity contribution in [1.82, 2.24) is 4.90 Å². The standard InChI is InChI=1S/C16H15Cl2NO4/c1-2-3-23-13-5-12(18)11(17)4-8(13)15(20)14-9-6-19(16(21)22)7-10(9)14/h2,4-5,9-10,14H,1,3,6-7H2,(H,21,22)/t9-,10+,14-. The Kier molecular flexibility index (Phi) is 4.25. The number of hydrogen-bond acceptors (Lipinski definition) is 3. The van der Waals surface area contributed by atoms with Crippen LogP contribution in [0.4, 0.5) is 4.79 Å². The van der Waals surface area contributed by atoms with Crippen LogP contribution in [0.3, 0.4) is 0 Å². The molecule has 0 bridgehead atoms. The summed E-state index contributed by atoms with van der Waals surface area (Å²) in [4.78, 5) is 25.1. The number of ether oxygens (including phenoxy) is 1. The zero-order valence-electron chi connectivity index (χ0n) is 12.2. The molecule has 23 heavy (non-hydrogen) atoms. The summed E-state index contributed by atoms with van der Waals surface area (Å²) in [5.74, 6) is 0.307. The average Bonchev–Trinajstić information content (AvgIpc) is 3.00. The highest BCUT2D eigenvalue weighted by atomic mass is 35.5. The van der Waals surface area contributed by atoms with Gasteiger partial charge in [-0.1, -0.05) is 35.9 Å². The van der Waals surface area contributed by atoms with Crippen LogP contribution in [0.15, 0.2) is 24.8 Å². The second kappa shape index (κ2) is 6.06. The minimum Gasteiger partial charge on any atom is -0.489 e. The van der Waals surface area contributed by atoms with Crippen molar-refractivity contribution < 1.29 is 19.4 Å². The van der Waals surface area contributed by atoms with Crippen LogP contribution in [0.1, 0.15) is 10.4 Å². The third-order valence-corrected chi connectivity index (χ3v) is 5.13. The van der Waals surface area contributed by atoms with Crippen molar-refractivity contribution in [3.63, 3.8) is 0 Å². The van der Waals surface area contributed by atoms with E-state index >= 15 is 0 Å². The summed E-state index contributed by atoms with van der Waals surface area (Å²) >= 11 is 12.0. The van der Waals surface area contributed by atoms with Crippen molar-refractivity contribution in [2.45, 2.75) is 0 Å². The number of carbonyl (C=O) groups is 2. The van der Waals surface area contributed by atoms with E-state index in [9.17, 15) is 9.59 Å². The third kappa shape index (κ3) is 2.91. The zero-order valence-corrected chi connectivity index (χ0v) is 13.7. The molecule has 0 radical (unpaired) electrons. The molecule has 0 spiro atoms. The molecule has 5 nitrogen and oxygen atoms in total. The summed E-state index contributed by atoms with van der Waals surface area (Å²) in [7, 11) is 0. The fraction of sp³-hybridized carbons (Fsp3) is 0.375. The van der Waals surface area contributed by atoms with Crippen LogP contribution in [0, 0.1) is 17.8 Å². The van der Waals surface area contributed by atoms with Gasteiger partial charge in [0.25, 0.3) is 0 Å². The summed E-state index contributed by atoms with van der Waals surface area (Å²) in [6, 6.07) is 3.05. The molecule has 1 aromatic carbocycles.